The molecule has 3 heterocycles. The van der Waals surface area contributed by atoms with Gasteiger partial charge in [-0.3, -0.25) is 0 Å². The van der Waals surface area contributed by atoms with Gasteiger partial charge in [-0.1, -0.05) is 18.2 Å². The van der Waals surface area contributed by atoms with Crippen LogP contribution < -0.4 is 4.74 Å². The summed E-state index contributed by atoms with van der Waals surface area (Å²) in [7, 11) is 1.14. The molecule has 0 radical (unpaired) electrons. The second kappa shape index (κ2) is 6.35. The summed E-state index contributed by atoms with van der Waals surface area (Å²) < 4.78 is 20.3. The van der Waals surface area contributed by atoms with Crippen LogP contribution in [0.1, 0.15) is 39.2 Å². The van der Waals surface area contributed by atoms with E-state index in [1.807, 2.05) is 75.0 Å². The van der Waals surface area contributed by atoms with Crippen molar-refractivity contribution in [3.05, 3.63) is 54.4 Å². The van der Waals surface area contributed by atoms with Gasteiger partial charge in [-0.25, -0.2) is 9.67 Å². The maximum absolute atomic E-state index is 6.39. The first-order chi connectivity index (χ1) is 12.8. The summed E-state index contributed by atoms with van der Waals surface area (Å²) in [6.07, 6.45) is 3.58. The topological polar surface area (TPSA) is 58.4 Å². The fourth-order valence-electron chi connectivity index (χ4n) is 3.41. The van der Waals surface area contributed by atoms with Crippen LogP contribution in [-0.4, -0.2) is 40.2 Å². The van der Waals surface area contributed by atoms with E-state index in [-0.39, 0.29) is 5.94 Å². The molecule has 0 saturated carbocycles. The zero-order valence-corrected chi connectivity index (χ0v) is 16.3. The second-order valence-corrected chi connectivity index (χ2v) is 7.82. The lowest BCUT2D eigenvalue weighted by Gasteiger charge is -2.32. The number of ether oxygens (including phenoxy) is 1. The van der Waals surface area contributed by atoms with Gasteiger partial charge in [0.15, 0.2) is 5.65 Å². The number of benzene rings is 1. The minimum absolute atomic E-state index is 0.338. The third-order valence-corrected chi connectivity index (χ3v) is 5.61. The molecule has 1 atom stereocenters. The third kappa shape index (κ3) is 2.91. The van der Waals surface area contributed by atoms with Crippen molar-refractivity contribution in [1.82, 2.24) is 14.8 Å². The summed E-state index contributed by atoms with van der Waals surface area (Å²) >= 11 is 0. The molecule has 2 aromatic heterocycles. The number of aromatic nitrogens is 3. The average molecular weight is 365 g/mol. The predicted molar refractivity (Wildman–Crippen MR) is 105 cm³/mol. The Morgan fingerprint density at radius 1 is 1.04 bits per heavy atom. The Morgan fingerprint density at radius 2 is 1.74 bits per heavy atom. The van der Waals surface area contributed by atoms with Gasteiger partial charge in [0.1, 0.15) is 11.7 Å². The zero-order chi connectivity index (χ0) is 19.2. The van der Waals surface area contributed by atoms with Crippen LogP contribution >= 0.6 is 0 Å². The van der Waals surface area contributed by atoms with Crippen molar-refractivity contribution < 1.29 is 14.0 Å². The molecule has 1 unspecified atom stereocenters. The van der Waals surface area contributed by atoms with Gasteiger partial charge in [-0.05, 0) is 45.9 Å². The van der Waals surface area contributed by atoms with Gasteiger partial charge < -0.3 is 14.0 Å². The van der Waals surface area contributed by atoms with Gasteiger partial charge in [0.25, 0.3) is 0 Å². The number of para-hydroxylation sites is 1. The maximum atomic E-state index is 6.39. The Bertz CT molecular complexity index is 954. The molecule has 140 valence electrons. The number of pyridine rings is 1. The number of fused-ring (bicyclic) bond motifs is 1. The Labute approximate surface area is 159 Å². The third-order valence-electron chi connectivity index (χ3n) is 5.61. The van der Waals surface area contributed by atoms with Gasteiger partial charge in [0.05, 0.1) is 24.5 Å². The highest BCUT2D eigenvalue weighted by atomic mass is 16.7. The molecule has 0 amide bonds. The lowest BCUT2D eigenvalue weighted by Crippen LogP contribution is -2.41. The summed E-state index contributed by atoms with van der Waals surface area (Å²) in [5, 5.41) is 5.59. The SMILES string of the molecule is COc1ccccc1C(B1OC(C)(C)C(C)(C)O1)n1ncc2cccnc21. The van der Waals surface area contributed by atoms with Crippen LogP contribution in [0, 0.1) is 0 Å². The Balaban J connectivity index is 1.89. The molecule has 6 nitrogen and oxygen atoms in total. The summed E-state index contributed by atoms with van der Waals surface area (Å²) in [4.78, 5) is 4.54. The standard InChI is InChI=1S/C20H24BN3O3/c1-19(2)20(3,4)27-21(26-19)17(15-10-6-7-11-16(15)25-5)24-18-14(13-23-24)9-8-12-22-18/h6-13,17H,1-5H3. The van der Waals surface area contributed by atoms with Crippen molar-refractivity contribution in [2.24, 2.45) is 0 Å². The zero-order valence-electron chi connectivity index (χ0n) is 16.3. The Kier molecular flexibility index (Phi) is 4.24. The molecule has 0 N–H and O–H groups in total. The summed E-state index contributed by atoms with van der Waals surface area (Å²) in [6.45, 7) is 8.19. The Morgan fingerprint density at radius 3 is 2.44 bits per heavy atom. The van der Waals surface area contributed by atoms with E-state index in [4.69, 9.17) is 14.0 Å². The molecule has 0 bridgehead atoms. The molecule has 3 aromatic rings. The van der Waals surface area contributed by atoms with E-state index in [0.29, 0.717) is 0 Å². The van der Waals surface area contributed by atoms with Gasteiger partial charge >= 0.3 is 7.12 Å². The predicted octanol–water partition coefficient (Wildman–Crippen LogP) is 3.66. The van der Waals surface area contributed by atoms with Gasteiger partial charge in [-0.15, -0.1) is 0 Å². The number of hydrogen-bond acceptors (Lipinski definition) is 5. The Hall–Kier alpha value is -2.38. The fourth-order valence-corrected chi connectivity index (χ4v) is 3.41. The van der Waals surface area contributed by atoms with E-state index in [1.54, 1.807) is 13.3 Å². The normalized spacial score (nSPS) is 19.4. The molecule has 27 heavy (non-hydrogen) atoms. The largest absolute Gasteiger partial charge is 0.496 e. The molecule has 1 fully saturated rings. The van der Waals surface area contributed by atoms with E-state index in [0.717, 1.165) is 22.3 Å². The molecule has 1 aliphatic rings. The smallest absolute Gasteiger partial charge is 0.489 e. The van der Waals surface area contributed by atoms with Gasteiger partial charge in [0.2, 0.25) is 0 Å². The van der Waals surface area contributed by atoms with Crippen LogP contribution in [0.15, 0.2) is 48.8 Å². The van der Waals surface area contributed by atoms with Crippen LogP contribution in [0.4, 0.5) is 0 Å². The van der Waals surface area contributed by atoms with Crippen molar-refractivity contribution in [3.63, 3.8) is 0 Å². The molecular weight excluding hydrogens is 341 g/mol. The van der Waals surface area contributed by atoms with E-state index < -0.39 is 18.3 Å². The minimum atomic E-state index is -0.531. The van der Waals surface area contributed by atoms with Gasteiger partial charge in [-0.2, -0.15) is 5.10 Å². The van der Waals surface area contributed by atoms with E-state index >= 15 is 0 Å². The highest BCUT2D eigenvalue weighted by Crippen LogP contribution is 2.43. The lowest BCUT2D eigenvalue weighted by atomic mass is 9.73. The number of methoxy groups -OCH3 is 1. The molecule has 1 saturated heterocycles. The molecule has 4 rings (SSSR count). The van der Waals surface area contributed by atoms with Crippen LogP contribution in [0.3, 0.4) is 0 Å². The van der Waals surface area contributed by atoms with Crippen LogP contribution in [0.5, 0.6) is 5.75 Å². The monoisotopic (exact) mass is 365 g/mol. The fraction of sp³-hybridized carbons (Fsp3) is 0.400. The van der Waals surface area contributed by atoms with Crippen molar-refractivity contribution in [3.8, 4) is 5.75 Å². The quantitative estimate of drug-likeness (QED) is 0.661. The first kappa shape index (κ1) is 18.0. The maximum Gasteiger partial charge on any atom is 0.489 e. The number of hydrogen-bond donors (Lipinski definition) is 0. The average Bonchev–Trinajstić information content (AvgIpc) is 3.14. The molecule has 7 heteroatoms. The lowest BCUT2D eigenvalue weighted by molar-refractivity contribution is 0.00578. The van der Waals surface area contributed by atoms with Crippen molar-refractivity contribution >= 4 is 18.2 Å². The molecule has 1 aliphatic heterocycles. The van der Waals surface area contributed by atoms with Crippen molar-refractivity contribution in [1.29, 1.82) is 0 Å². The molecule has 1 aromatic carbocycles. The highest BCUT2D eigenvalue weighted by molar-refractivity contribution is 6.47. The van der Waals surface area contributed by atoms with E-state index in [1.165, 1.54) is 0 Å². The van der Waals surface area contributed by atoms with E-state index in [9.17, 15) is 0 Å². The van der Waals surface area contributed by atoms with Crippen molar-refractivity contribution in [2.75, 3.05) is 7.11 Å². The van der Waals surface area contributed by atoms with Crippen LogP contribution in [-0.2, 0) is 9.31 Å². The summed E-state index contributed by atoms with van der Waals surface area (Å²) in [5.41, 5.74) is 0.820. The van der Waals surface area contributed by atoms with Crippen LogP contribution in [0.25, 0.3) is 11.0 Å². The van der Waals surface area contributed by atoms with Gasteiger partial charge in [0, 0.05) is 17.1 Å². The van der Waals surface area contributed by atoms with Crippen molar-refractivity contribution in [2.45, 2.75) is 44.8 Å². The highest BCUT2D eigenvalue weighted by Gasteiger charge is 2.55. The number of rotatable bonds is 4. The minimum Gasteiger partial charge on any atom is -0.496 e. The van der Waals surface area contributed by atoms with Crippen LogP contribution in [0.2, 0.25) is 0 Å². The summed E-state index contributed by atoms with van der Waals surface area (Å²) in [6, 6.07) is 11.8. The summed E-state index contributed by atoms with van der Waals surface area (Å²) in [5.74, 6) is 0.423. The van der Waals surface area contributed by atoms with E-state index in [2.05, 4.69) is 10.1 Å². The first-order valence-corrected chi connectivity index (χ1v) is 9.11. The second-order valence-electron chi connectivity index (χ2n) is 7.82. The number of nitrogens with zero attached hydrogens (tertiary/aromatic N) is 3. The molecule has 0 aliphatic carbocycles. The molecular formula is C20H24BN3O3. The molecule has 0 spiro atoms. The first-order valence-electron chi connectivity index (χ1n) is 9.11.